The lowest BCUT2D eigenvalue weighted by molar-refractivity contribution is -0.131. The fourth-order valence-electron chi connectivity index (χ4n) is 1.63. The number of benzene rings is 1. The number of nitrogens with one attached hydrogen (secondary N) is 1. The number of hydrogen-bond acceptors (Lipinski definition) is 5. The molecule has 0 atom stereocenters. The summed E-state index contributed by atoms with van der Waals surface area (Å²) in [4.78, 5) is 12.0. The summed E-state index contributed by atoms with van der Waals surface area (Å²) < 4.78 is 15.7. The summed E-state index contributed by atoms with van der Waals surface area (Å²) in [5.74, 6) is -0.0161. The van der Waals surface area contributed by atoms with Gasteiger partial charge in [0.2, 0.25) is 0 Å². The Morgan fingerprint density at radius 1 is 1.30 bits per heavy atom. The van der Waals surface area contributed by atoms with E-state index in [-0.39, 0.29) is 17.9 Å². The normalized spacial score (nSPS) is 10.6. The summed E-state index contributed by atoms with van der Waals surface area (Å²) in [7, 11) is 1.49. The zero-order chi connectivity index (χ0) is 15.0. The minimum absolute atomic E-state index is 0.104. The Morgan fingerprint density at radius 3 is 2.50 bits per heavy atom. The second-order valence-corrected chi connectivity index (χ2v) is 3.93. The van der Waals surface area contributed by atoms with Gasteiger partial charge in [-0.05, 0) is 32.0 Å². The molecule has 20 heavy (non-hydrogen) atoms. The third-order valence-corrected chi connectivity index (χ3v) is 2.58. The highest BCUT2D eigenvalue weighted by Crippen LogP contribution is 2.22. The largest absolute Gasteiger partial charge is 0.507 e. The van der Waals surface area contributed by atoms with Gasteiger partial charge in [-0.15, -0.1) is 0 Å². The highest BCUT2D eigenvalue weighted by Gasteiger charge is 2.15. The first-order chi connectivity index (χ1) is 9.62. The Balaban J connectivity index is 2.65. The average Bonchev–Trinajstić information content (AvgIpc) is 2.45. The summed E-state index contributed by atoms with van der Waals surface area (Å²) in [6, 6.07) is 4.46. The maximum Gasteiger partial charge on any atom is 0.255 e. The maximum atomic E-state index is 12.0. The molecule has 0 heterocycles. The van der Waals surface area contributed by atoms with E-state index in [1.807, 2.05) is 13.8 Å². The fourth-order valence-corrected chi connectivity index (χ4v) is 1.63. The molecule has 1 amide bonds. The lowest BCUT2D eigenvalue weighted by Gasteiger charge is -2.17. The number of aromatic hydroxyl groups is 1. The van der Waals surface area contributed by atoms with Gasteiger partial charge in [-0.1, -0.05) is 0 Å². The molecule has 6 nitrogen and oxygen atoms in total. The van der Waals surface area contributed by atoms with Crippen LogP contribution in [0.5, 0.6) is 11.5 Å². The molecule has 1 aromatic rings. The molecule has 0 aliphatic carbocycles. The van der Waals surface area contributed by atoms with Crippen molar-refractivity contribution in [1.29, 1.82) is 0 Å². The second kappa shape index (κ2) is 8.39. The van der Waals surface area contributed by atoms with Crippen molar-refractivity contribution in [3.8, 4) is 11.5 Å². The van der Waals surface area contributed by atoms with Crippen molar-refractivity contribution < 1.29 is 24.1 Å². The Hall–Kier alpha value is -1.79. The number of amides is 1. The number of carbonyl (C=O) groups excluding carboxylic acids is 1. The third kappa shape index (κ3) is 4.71. The average molecular weight is 283 g/mol. The van der Waals surface area contributed by atoms with Gasteiger partial charge in [0.25, 0.3) is 5.91 Å². The van der Waals surface area contributed by atoms with Gasteiger partial charge in [0.05, 0.1) is 19.2 Å². The van der Waals surface area contributed by atoms with E-state index in [4.69, 9.17) is 14.2 Å². The van der Waals surface area contributed by atoms with E-state index >= 15 is 0 Å². The Kier molecular flexibility index (Phi) is 6.83. The van der Waals surface area contributed by atoms with Gasteiger partial charge < -0.3 is 24.6 Å². The lowest BCUT2D eigenvalue weighted by Crippen LogP contribution is -2.35. The molecule has 1 aromatic carbocycles. The van der Waals surface area contributed by atoms with Crippen molar-refractivity contribution in [2.24, 2.45) is 0 Å². The highest BCUT2D eigenvalue weighted by atomic mass is 16.7. The third-order valence-electron chi connectivity index (χ3n) is 2.58. The Morgan fingerprint density at radius 2 is 1.95 bits per heavy atom. The van der Waals surface area contributed by atoms with Crippen molar-refractivity contribution >= 4 is 5.91 Å². The first-order valence-electron chi connectivity index (χ1n) is 6.50. The van der Waals surface area contributed by atoms with Gasteiger partial charge in [-0.3, -0.25) is 4.79 Å². The molecular weight excluding hydrogens is 262 g/mol. The molecule has 1 rings (SSSR count). The van der Waals surface area contributed by atoms with E-state index in [0.717, 1.165) is 0 Å². The van der Waals surface area contributed by atoms with Crippen LogP contribution >= 0.6 is 0 Å². The number of methoxy groups -OCH3 is 1. The molecule has 0 unspecified atom stereocenters. The predicted octanol–water partition coefficient (Wildman–Crippen LogP) is 1.53. The first kappa shape index (κ1) is 16.3. The minimum atomic E-state index is -0.498. The van der Waals surface area contributed by atoms with Crippen molar-refractivity contribution in [3.63, 3.8) is 0 Å². The summed E-state index contributed by atoms with van der Waals surface area (Å²) in [6.45, 7) is 4.89. The topological polar surface area (TPSA) is 77.0 Å². The molecule has 2 N–H and O–H groups in total. The minimum Gasteiger partial charge on any atom is -0.507 e. The van der Waals surface area contributed by atoms with Crippen LogP contribution in [0.1, 0.15) is 24.2 Å². The molecule has 0 bridgehead atoms. The fraction of sp³-hybridized carbons (Fsp3) is 0.500. The summed E-state index contributed by atoms with van der Waals surface area (Å²) in [5, 5.41) is 12.4. The first-order valence-corrected chi connectivity index (χ1v) is 6.50. The van der Waals surface area contributed by atoms with Crippen LogP contribution in [0, 0.1) is 0 Å². The molecule has 6 heteroatoms. The van der Waals surface area contributed by atoms with Crippen molar-refractivity contribution in [3.05, 3.63) is 23.8 Å². The van der Waals surface area contributed by atoms with Gasteiger partial charge in [0.1, 0.15) is 11.5 Å². The Labute approximate surface area is 118 Å². The van der Waals surface area contributed by atoms with Crippen LogP contribution in [-0.2, 0) is 9.47 Å². The number of hydrogen-bond donors (Lipinski definition) is 2. The molecule has 0 aliphatic rings. The second-order valence-electron chi connectivity index (χ2n) is 3.93. The number of rotatable bonds is 8. The van der Waals surface area contributed by atoms with Gasteiger partial charge in [-0.2, -0.15) is 0 Å². The summed E-state index contributed by atoms with van der Waals surface area (Å²) in [6.07, 6.45) is -0.498. The van der Waals surface area contributed by atoms with Crippen molar-refractivity contribution in [2.45, 2.75) is 20.1 Å². The molecule has 0 radical (unpaired) electrons. The van der Waals surface area contributed by atoms with Crippen LogP contribution in [0.2, 0.25) is 0 Å². The maximum absolute atomic E-state index is 12.0. The summed E-state index contributed by atoms with van der Waals surface area (Å²) >= 11 is 0. The molecule has 0 saturated carbocycles. The standard InChI is InChI=1S/C14H21NO5/c1-4-19-13(20-5-2)9-15-14(17)11-8-10(18-3)6-7-12(11)16/h6-8,13,16H,4-5,9H2,1-3H3,(H,15,17). The van der Waals surface area contributed by atoms with Crippen LogP contribution in [0.4, 0.5) is 0 Å². The molecule has 0 spiro atoms. The van der Waals surface area contributed by atoms with Gasteiger partial charge in [0, 0.05) is 13.2 Å². The Bertz CT molecular complexity index is 430. The van der Waals surface area contributed by atoms with E-state index in [1.165, 1.54) is 19.2 Å². The molecule has 0 aromatic heterocycles. The van der Waals surface area contributed by atoms with Crippen LogP contribution in [0.3, 0.4) is 0 Å². The van der Waals surface area contributed by atoms with E-state index in [9.17, 15) is 9.90 Å². The van der Waals surface area contributed by atoms with Gasteiger partial charge in [-0.25, -0.2) is 0 Å². The molecule has 0 saturated heterocycles. The van der Waals surface area contributed by atoms with E-state index in [2.05, 4.69) is 5.32 Å². The monoisotopic (exact) mass is 283 g/mol. The number of ether oxygens (including phenoxy) is 3. The SMILES string of the molecule is CCOC(CNC(=O)c1cc(OC)ccc1O)OCC. The zero-order valence-electron chi connectivity index (χ0n) is 12.0. The van der Waals surface area contributed by atoms with Crippen molar-refractivity contribution in [2.75, 3.05) is 26.9 Å². The molecule has 0 fully saturated rings. The smallest absolute Gasteiger partial charge is 0.255 e. The lowest BCUT2D eigenvalue weighted by atomic mass is 10.1. The van der Waals surface area contributed by atoms with Crippen LogP contribution < -0.4 is 10.1 Å². The zero-order valence-corrected chi connectivity index (χ0v) is 12.0. The van der Waals surface area contributed by atoms with Crippen LogP contribution in [0.15, 0.2) is 18.2 Å². The molecular formula is C14H21NO5. The van der Waals surface area contributed by atoms with Crippen LogP contribution in [0.25, 0.3) is 0 Å². The number of phenolic OH excluding ortho intramolecular Hbond substituents is 1. The van der Waals surface area contributed by atoms with E-state index in [1.54, 1.807) is 6.07 Å². The van der Waals surface area contributed by atoms with E-state index < -0.39 is 12.2 Å². The molecule has 0 aliphatic heterocycles. The van der Waals surface area contributed by atoms with Crippen LogP contribution in [-0.4, -0.2) is 44.2 Å². The predicted molar refractivity (Wildman–Crippen MR) is 74.0 cm³/mol. The number of carbonyl (C=O) groups is 1. The van der Waals surface area contributed by atoms with Gasteiger partial charge >= 0.3 is 0 Å². The van der Waals surface area contributed by atoms with Crippen molar-refractivity contribution in [1.82, 2.24) is 5.32 Å². The quantitative estimate of drug-likeness (QED) is 0.707. The van der Waals surface area contributed by atoms with E-state index in [0.29, 0.717) is 19.0 Å². The highest BCUT2D eigenvalue weighted by molar-refractivity contribution is 5.97. The summed E-state index contributed by atoms with van der Waals surface area (Å²) in [5.41, 5.74) is 0.149. The number of phenols is 1. The molecule has 112 valence electrons. The van der Waals surface area contributed by atoms with Gasteiger partial charge in [0.15, 0.2) is 6.29 Å².